The molecule has 0 saturated carbocycles. The third kappa shape index (κ3) is 17.5. The van der Waals surface area contributed by atoms with E-state index in [1.165, 1.54) is 0 Å². The van der Waals surface area contributed by atoms with Gasteiger partial charge in [0, 0.05) is 13.1 Å². The van der Waals surface area contributed by atoms with Crippen LogP contribution in [0.1, 0.15) is 49.0 Å². The molecule has 6 amide bonds. The minimum absolute atomic E-state index is 0. The number of rotatable bonds is 5. The van der Waals surface area contributed by atoms with Gasteiger partial charge >= 0.3 is 12.1 Å². The Morgan fingerprint density at radius 3 is 1.67 bits per heavy atom. The molecule has 154 valence electrons. The molecule has 0 aromatic heterocycles. The van der Waals surface area contributed by atoms with Crippen LogP contribution in [0.25, 0.3) is 0 Å². The van der Waals surface area contributed by atoms with Crippen LogP contribution in [0.2, 0.25) is 0 Å². The number of carbonyl (C=O) groups excluding carboxylic acids is 4. The Morgan fingerprint density at radius 2 is 1.33 bits per heavy atom. The summed E-state index contributed by atoms with van der Waals surface area (Å²) < 4.78 is 0. The van der Waals surface area contributed by atoms with Crippen molar-refractivity contribution in [3.05, 3.63) is 0 Å². The Labute approximate surface area is 161 Å². The molecule has 0 aliphatic carbocycles. The Balaban J connectivity index is -0.000000187. The second-order valence-corrected chi connectivity index (χ2v) is 4.94. The van der Waals surface area contributed by atoms with Gasteiger partial charge in [-0.3, -0.25) is 20.2 Å². The van der Waals surface area contributed by atoms with Crippen LogP contribution < -0.4 is 21.3 Å². The fraction of sp³-hybridized carbons (Fsp3) is 0.647. The molecule has 4 N–H and O–H groups in total. The molecule has 0 saturated heterocycles. The smallest absolute Gasteiger partial charge is 0.321 e. The van der Waals surface area contributed by atoms with Gasteiger partial charge in [-0.1, -0.05) is 28.7 Å². The lowest BCUT2D eigenvalue weighted by Gasteiger charge is -2.12. The van der Waals surface area contributed by atoms with Crippen molar-refractivity contribution in [2.75, 3.05) is 13.1 Å². The maximum absolute atomic E-state index is 11.3. The van der Waals surface area contributed by atoms with Gasteiger partial charge in [0.05, 0.1) is 12.1 Å². The number of hydrogen-bond donors (Lipinski definition) is 4. The van der Waals surface area contributed by atoms with Crippen molar-refractivity contribution in [2.24, 2.45) is 11.8 Å². The molecule has 0 radical (unpaired) electrons. The predicted molar refractivity (Wildman–Crippen MR) is 102 cm³/mol. The van der Waals surface area contributed by atoms with Crippen molar-refractivity contribution in [3.8, 4) is 12.1 Å². The zero-order chi connectivity index (χ0) is 19.8. The van der Waals surface area contributed by atoms with E-state index in [0.29, 0.717) is 13.1 Å². The molecule has 0 aliphatic heterocycles. The topological polar surface area (TPSA) is 164 Å². The highest BCUT2D eigenvalue weighted by Crippen LogP contribution is 2.08. The maximum atomic E-state index is 11.3. The highest BCUT2D eigenvalue weighted by molar-refractivity contribution is 5.96. The fourth-order valence-electron chi connectivity index (χ4n) is 1.35. The molecule has 0 bridgehead atoms. The summed E-state index contributed by atoms with van der Waals surface area (Å²) in [6.07, 6.45) is -0.295. The predicted octanol–water partition coefficient (Wildman–Crippen LogP) is 1.65. The Morgan fingerprint density at radius 1 is 0.889 bits per heavy atom. The van der Waals surface area contributed by atoms with E-state index in [4.69, 9.17) is 10.5 Å². The summed E-state index contributed by atoms with van der Waals surface area (Å²) in [5.41, 5.74) is 0. The molecule has 0 aromatic rings. The summed E-state index contributed by atoms with van der Waals surface area (Å²) in [4.78, 5) is 43.4. The van der Waals surface area contributed by atoms with Crippen molar-refractivity contribution < 1.29 is 19.2 Å². The third-order valence-corrected chi connectivity index (χ3v) is 2.49. The molecule has 0 heterocycles. The van der Waals surface area contributed by atoms with E-state index in [9.17, 15) is 19.2 Å². The molecule has 0 fully saturated rings. The first-order valence-corrected chi connectivity index (χ1v) is 7.66. The van der Waals surface area contributed by atoms with E-state index in [0.717, 1.165) is 0 Å². The van der Waals surface area contributed by atoms with Crippen LogP contribution in [0, 0.1) is 34.5 Å². The number of hydrogen-bond acceptors (Lipinski definition) is 6. The molecule has 10 nitrogen and oxygen atoms in total. The highest BCUT2D eigenvalue weighted by Gasteiger charge is 2.22. The summed E-state index contributed by atoms with van der Waals surface area (Å²) >= 11 is 0. The first kappa shape index (κ1) is 31.6. The number of carbonyl (C=O) groups is 4. The summed E-state index contributed by atoms with van der Waals surface area (Å²) in [5, 5.41) is 25.5. The van der Waals surface area contributed by atoms with E-state index in [1.54, 1.807) is 33.8 Å². The second-order valence-electron chi connectivity index (χ2n) is 4.94. The molecule has 0 aromatic carbocycles. The standard InChI is InChI=1S/C9H15N3O2.C6H9N3O2.2CH4/c1-4-11-9(14)12-8(13)7(5-10)6(2)3;1-2-8-6(11)9-5(10)3-4-7;;/h6-7H,4H2,1-3H3,(H2,11,12,13,14);2-3H2,1H3,(H2,8,9,10,11);2*1H4. The molecule has 27 heavy (non-hydrogen) atoms. The zero-order valence-corrected chi connectivity index (χ0v) is 14.8. The largest absolute Gasteiger partial charge is 0.338 e. The molecule has 0 aliphatic rings. The minimum atomic E-state index is -0.780. The molecule has 1 atom stereocenters. The average Bonchev–Trinajstić information content (AvgIpc) is 2.48. The van der Waals surface area contributed by atoms with Gasteiger partial charge in [0.25, 0.3) is 0 Å². The molecule has 1 unspecified atom stereocenters. The van der Waals surface area contributed by atoms with E-state index >= 15 is 0 Å². The van der Waals surface area contributed by atoms with Gasteiger partial charge in [-0.2, -0.15) is 10.5 Å². The van der Waals surface area contributed by atoms with Crippen LogP contribution in [0.5, 0.6) is 0 Å². The zero-order valence-electron chi connectivity index (χ0n) is 14.8. The van der Waals surface area contributed by atoms with Crippen LogP contribution in [0.15, 0.2) is 0 Å². The van der Waals surface area contributed by atoms with Gasteiger partial charge in [-0.05, 0) is 19.8 Å². The summed E-state index contributed by atoms with van der Waals surface area (Å²) in [5.74, 6) is -2.01. The van der Waals surface area contributed by atoms with Gasteiger partial charge in [0.15, 0.2) is 0 Å². The van der Waals surface area contributed by atoms with Crippen molar-refractivity contribution in [1.29, 1.82) is 10.5 Å². The molecular formula is C17H32N6O4. The fourth-order valence-corrected chi connectivity index (χ4v) is 1.35. The quantitative estimate of drug-likeness (QED) is 0.562. The second kappa shape index (κ2) is 19.2. The molecule has 0 spiro atoms. The highest BCUT2D eigenvalue weighted by atomic mass is 16.2. The summed E-state index contributed by atoms with van der Waals surface area (Å²) in [6.45, 7) is 7.88. The van der Waals surface area contributed by atoms with Crippen LogP contribution in [0.3, 0.4) is 0 Å². The van der Waals surface area contributed by atoms with E-state index < -0.39 is 29.8 Å². The van der Waals surface area contributed by atoms with Gasteiger partial charge in [0.1, 0.15) is 12.3 Å². The first-order chi connectivity index (χ1) is 11.7. The number of nitrogens with zero attached hydrogens (tertiary/aromatic N) is 2. The number of imide groups is 2. The van der Waals surface area contributed by atoms with Gasteiger partial charge in [-0.25, -0.2) is 9.59 Å². The minimum Gasteiger partial charge on any atom is -0.338 e. The monoisotopic (exact) mass is 384 g/mol. The SMILES string of the molecule is C.C.CCNC(=O)NC(=O)C(C#N)C(C)C.CCNC(=O)NC(=O)CC#N. The number of nitrogens with one attached hydrogen (secondary N) is 4. The third-order valence-electron chi connectivity index (χ3n) is 2.49. The van der Waals surface area contributed by atoms with Gasteiger partial charge in [0.2, 0.25) is 11.8 Å². The Kier molecular flexibility index (Phi) is 22.5. The number of nitriles is 2. The van der Waals surface area contributed by atoms with Gasteiger partial charge < -0.3 is 10.6 Å². The van der Waals surface area contributed by atoms with E-state index in [2.05, 4.69) is 16.0 Å². The van der Waals surface area contributed by atoms with Crippen molar-refractivity contribution in [2.45, 2.75) is 49.0 Å². The van der Waals surface area contributed by atoms with Crippen molar-refractivity contribution >= 4 is 23.9 Å². The summed E-state index contributed by atoms with van der Waals surface area (Å²) in [6, 6.07) is 2.36. The van der Waals surface area contributed by atoms with Crippen LogP contribution >= 0.6 is 0 Å². The van der Waals surface area contributed by atoms with Crippen molar-refractivity contribution in [3.63, 3.8) is 0 Å². The van der Waals surface area contributed by atoms with E-state index in [-0.39, 0.29) is 27.2 Å². The molecular weight excluding hydrogens is 352 g/mol. The van der Waals surface area contributed by atoms with Crippen molar-refractivity contribution in [1.82, 2.24) is 21.3 Å². The van der Waals surface area contributed by atoms with Crippen LogP contribution in [-0.4, -0.2) is 37.0 Å². The summed E-state index contributed by atoms with van der Waals surface area (Å²) in [7, 11) is 0. The van der Waals surface area contributed by atoms with Gasteiger partial charge in [-0.15, -0.1) is 0 Å². The average molecular weight is 384 g/mol. The Hall–Kier alpha value is -3.14. The van der Waals surface area contributed by atoms with E-state index in [1.807, 2.05) is 11.4 Å². The number of amides is 6. The van der Waals surface area contributed by atoms with Crippen LogP contribution in [0.4, 0.5) is 9.59 Å². The first-order valence-electron chi connectivity index (χ1n) is 7.66. The lowest BCUT2D eigenvalue weighted by atomic mass is 9.97. The number of urea groups is 2. The molecule has 10 heteroatoms. The van der Waals surface area contributed by atoms with Crippen LogP contribution in [-0.2, 0) is 9.59 Å². The lowest BCUT2D eigenvalue weighted by molar-refractivity contribution is -0.123. The maximum Gasteiger partial charge on any atom is 0.321 e. The normalized spacial score (nSPS) is 9.30. The lowest BCUT2D eigenvalue weighted by Crippen LogP contribution is -2.43. The molecule has 0 rings (SSSR count). The Bertz CT molecular complexity index is 549.